The zero-order valence-corrected chi connectivity index (χ0v) is 9.27. The van der Waals surface area contributed by atoms with Gasteiger partial charge in [0.05, 0.1) is 31.8 Å². The molecule has 0 bridgehead atoms. The summed E-state index contributed by atoms with van der Waals surface area (Å²) in [7, 11) is 1.84. The lowest BCUT2D eigenvalue weighted by molar-refractivity contribution is -0.122. The molecular weight excluding hydrogens is 206 g/mol. The number of likely N-dealkylation sites (N-methyl/N-ethyl adjacent to an activating group) is 1. The molecule has 0 spiro atoms. The maximum atomic E-state index is 11.4. The van der Waals surface area contributed by atoms with Crippen LogP contribution in [0.3, 0.4) is 0 Å². The molecule has 1 aromatic heterocycles. The van der Waals surface area contributed by atoms with Crippen molar-refractivity contribution >= 4 is 5.91 Å². The molecule has 1 amide bonds. The van der Waals surface area contributed by atoms with Gasteiger partial charge in [-0.1, -0.05) is 0 Å². The van der Waals surface area contributed by atoms with E-state index in [1.54, 1.807) is 6.26 Å². The second-order valence-electron chi connectivity index (χ2n) is 3.51. The number of amides is 1. The van der Waals surface area contributed by atoms with E-state index in [2.05, 4.69) is 5.32 Å². The van der Waals surface area contributed by atoms with Crippen LogP contribution in [0.5, 0.6) is 0 Å². The molecule has 0 aliphatic rings. The normalized spacial score (nSPS) is 10.1. The molecule has 0 fully saturated rings. The van der Waals surface area contributed by atoms with Gasteiger partial charge in [0.2, 0.25) is 5.91 Å². The van der Waals surface area contributed by atoms with E-state index >= 15 is 0 Å². The van der Waals surface area contributed by atoms with Crippen LogP contribution < -0.4 is 5.32 Å². The van der Waals surface area contributed by atoms with Gasteiger partial charge in [0, 0.05) is 6.54 Å². The Morgan fingerprint density at radius 3 is 3.12 bits per heavy atom. The Bertz CT molecular complexity index is 354. The molecule has 5 heteroatoms. The van der Waals surface area contributed by atoms with Crippen molar-refractivity contribution in [2.75, 3.05) is 20.1 Å². The first-order valence-corrected chi connectivity index (χ1v) is 5.07. The maximum Gasteiger partial charge on any atom is 0.234 e. The summed E-state index contributed by atoms with van der Waals surface area (Å²) < 4.78 is 5.17. The molecular formula is C11H15N3O2. The molecule has 0 atom stereocenters. The minimum absolute atomic E-state index is 0.0793. The van der Waals surface area contributed by atoms with Gasteiger partial charge in [-0.15, -0.1) is 0 Å². The van der Waals surface area contributed by atoms with Crippen LogP contribution in [0.15, 0.2) is 22.8 Å². The predicted octanol–water partition coefficient (Wildman–Crippen LogP) is 0.741. The fourth-order valence-electron chi connectivity index (χ4n) is 1.28. The average molecular weight is 221 g/mol. The number of hydrogen-bond donors (Lipinski definition) is 1. The molecule has 1 N–H and O–H groups in total. The second kappa shape index (κ2) is 6.64. The Morgan fingerprint density at radius 1 is 1.69 bits per heavy atom. The highest BCUT2D eigenvalue weighted by molar-refractivity contribution is 5.77. The molecule has 1 aromatic rings. The molecule has 1 heterocycles. The summed E-state index contributed by atoms with van der Waals surface area (Å²) in [6, 6.07) is 5.65. The van der Waals surface area contributed by atoms with E-state index in [1.165, 1.54) is 0 Å². The van der Waals surface area contributed by atoms with Crippen molar-refractivity contribution in [1.29, 1.82) is 5.26 Å². The van der Waals surface area contributed by atoms with Crippen molar-refractivity contribution in [2.45, 2.75) is 13.0 Å². The van der Waals surface area contributed by atoms with Crippen LogP contribution in [0, 0.1) is 11.3 Å². The summed E-state index contributed by atoms with van der Waals surface area (Å²) in [5, 5.41) is 11.0. The largest absolute Gasteiger partial charge is 0.468 e. The standard InChI is InChI=1S/C11H15N3O2/c1-14(8-10-4-2-7-16-10)9-11(15)13-6-3-5-12/h2,4,7H,3,6,8-9H2,1H3,(H,13,15). The van der Waals surface area contributed by atoms with Crippen LogP contribution in [0.4, 0.5) is 0 Å². The van der Waals surface area contributed by atoms with E-state index in [9.17, 15) is 4.79 Å². The summed E-state index contributed by atoms with van der Waals surface area (Å²) in [6.07, 6.45) is 1.95. The van der Waals surface area contributed by atoms with Crippen LogP contribution in [-0.2, 0) is 11.3 Å². The second-order valence-corrected chi connectivity index (χ2v) is 3.51. The highest BCUT2D eigenvalue weighted by atomic mass is 16.3. The van der Waals surface area contributed by atoms with Crippen molar-refractivity contribution in [2.24, 2.45) is 0 Å². The van der Waals surface area contributed by atoms with Crippen LogP contribution in [0.25, 0.3) is 0 Å². The van der Waals surface area contributed by atoms with Gasteiger partial charge in [-0.05, 0) is 19.2 Å². The SMILES string of the molecule is CN(CC(=O)NCCC#N)Cc1ccco1. The first-order chi connectivity index (χ1) is 7.72. The van der Waals surface area contributed by atoms with Crippen molar-refractivity contribution < 1.29 is 9.21 Å². The van der Waals surface area contributed by atoms with Gasteiger partial charge in [-0.2, -0.15) is 5.26 Å². The van der Waals surface area contributed by atoms with Crippen molar-refractivity contribution in [3.63, 3.8) is 0 Å². The molecule has 5 nitrogen and oxygen atoms in total. The quantitative estimate of drug-likeness (QED) is 0.719. The molecule has 0 radical (unpaired) electrons. The monoisotopic (exact) mass is 221 g/mol. The Hall–Kier alpha value is -1.80. The molecule has 0 aliphatic carbocycles. The van der Waals surface area contributed by atoms with Gasteiger partial charge in [0.25, 0.3) is 0 Å². The highest BCUT2D eigenvalue weighted by Gasteiger charge is 2.07. The smallest absolute Gasteiger partial charge is 0.234 e. The van der Waals surface area contributed by atoms with Crippen molar-refractivity contribution in [3.8, 4) is 6.07 Å². The number of carbonyl (C=O) groups excluding carboxylic acids is 1. The lowest BCUT2D eigenvalue weighted by Crippen LogP contribution is -2.35. The van der Waals surface area contributed by atoms with Gasteiger partial charge < -0.3 is 9.73 Å². The Labute approximate surface area is 94.6 Å². The predicted molar refractivity (Wildman–Crippen MR) is 58.3 cm³/mol. The van der Waals surface area contributed by atoms with Crippen molar-refractivity contribution in [3.05, 3.63) is 24.2 Å². The first-order valence-electron chi connectivity index (χ1n) is 5.07. The summed E-state index contributed by atoms with van der Waals surface area (Å²) in [5.41, 5.74) is 0. The Morgan fingerprint density at radius 2 is 2.50 bits per heavy atom. The third kappa shape index (κ3) is 4.62. The minimum atomic E-state index is -0.0793. The summed E-state index contributed by atoms with van der Waals surface area (Å²) >= 11 is 0. The first kappa shape index (κ1) is 12.3. The molecule has 0 saturated carbocycles. The van der Waals surface area contributed by atoms with Crippen LogP contribution in [0.2, 0.25) is 0 Å². The number of carbonyl (C=O) groups is 1. The van der Waals surface area contributed by atoms with Crippen molar-refractivity contribution in [1.82, 2.24) is 10.2 Å². The number of furan rings is 1. The van der Waals surface area contributed by atoms with Gasteiger partial charge >= 0.3 is 0 Å². The fraction of sp³-hybridized carbons (Fsp3) is 0.455. The minimum Gasteiger partial charge on any atom is -0.468 e. The number of nitrogens with zero attached hydrogens (tertiary/aromatic N) is 2. The van der Waals surface area contributed by atoms with E-state index < -0.39 is 0 Å². The summed E-state index contributed by atoms with van der Waals surface area (Å²) in [6.45, 7) is 1.30. The molecule has 0 unspecified atom stereocenters. The lowest BCUT2D eigenvalue weighted by Gasteiger charge is -2.14. The molecule has 86 valence electrons. The van der Waals surface area contributed by atoms with E-state index in [0.29, 0.717) is 26.1 Å². The molecule has 0 aliphatic heterocycles. The third-order valence-corrected chi connectivity index (χ3v) is 1.98. The van der Waals surface area contributed by atoms with Gasteiger partial charge in [0.1, 0.15) is 5.76 Å². The average Bonchev–Trinajstić information content (AvgIpc) is 2.70. The number of nitriles is 1. The Kier molecular flexibility index (Phi) is 5.09. The van der Waals surface area contributed by atoms with E-state index in [4.69, 9.17) is 9.68 Å². The zero-order valence-electron chi connectivity index (χ0n) is 9.27. The van der Waals surface area contributed by atoms with Crippen LogP contribution >= 0.6 is 0 Å². The Balaban J connectivity index is 2.21. The molecule has 0 aromatic carbocycles. The van der Waals surface area contributed by atoms with E-state index in [1.807, 2.05) is 30.1 Å². The maximum absolute atomic E-state index is 11.4. The molecule has 16 heavy (non-hydrogen) atoms. The summed E-state index contributed by atoms with van der Waals surface area (Å²) in [4.78, 5) is 13.2. The lowest BCUT2D eigenvalue weighted by atomic mass is 10.4. The van der Waals surface area contributed by atoms with Crippen LogP contribution in [0.1, 0.15) is 12.2 Å². The van der Waals surface area contributed by atoms with Gasteiger partial charge in [-0.25, -0.2) is 0 Å². The van der Waals surface area contributed by atoms with Gasteiger partial charge in [0.15, 0.2) is 0 Å². The topological polar surface area (TPSA) is 69.3 Å². The number of rotatable bonds is 6. The van der Waals surface area contributed by atoms with E-state index in [0.717, 1.165) is 5.76 Å². The van der Waals surface area contributed by atoms with E-state index in [-0.39, 0.29) is 5.91 Å². The molecule has 0 saturated heterocycles. The molecule has 1 rings (SSSR count). The number of hydrogen-bond acceptors (Lipinski definition) is 4. The van der Waals surface area contributed by atoms with Gasteiger partial charge in [-0.3, -0.25) is 9.69 Å². The van der Waals surface area contributed by atoms with Crippen LogP contribution in [-0.4, -0.2) is 30.9 Å². The summed E-state index contributed by atoms with van der Waals surface area (Å²) in [5.74, 6) is 0.747. The third-order valence-electron chi connectivity index (χ3n) is 1.98. The fourth-order valence-corrected chi connectivity index (χ4v) is 1.28. The highest BCUT2D eigenvalue weighted by Crippen LogP contribution is 2.02. The zero-order chi connectivity index (χ0) is 11.8. The number of nitrogens with one attached hydrogen (secondary N) is 1.